The molecule has 2 N–H and O–H groups in total. The highest BCUT2D eigenvalue weighted by Gasteiger charge is 2.41. The fourth-order valence-electron chi connectivity index (χ4n) is 5.77. The van der Waals surface area contributed by atoms with Crippen LogP contribution in [0.5, 0.6) is 5.75 Å². The number of H-pyrrole nitrogens is 1. The third kappa shape index (κ3) is 3.66. The Hall–Kier alpha value is -2.99. The zero-order valence-corrected chi connectivity index (χ0v) is 19.3. The van der Waals surface area contributed by atoms with E-state index in [1.165, 1.54) is 5.39 Å². The van der Waals surface area contributed by atoms with E-state index in [1.807, 2.05) is 6.20 Å². The number of hydrogen-bond donors (Lipinski definition) is 2. The summed E-state index contributed by atoms with van der Waals surface area (Å²) in [5, 5.41) is 4.37. The van der Waals surface area contributed by atoms with Crippen LogP contribution in [0.1, 0.15) is 38.3 Å². The minimum Gasteiger partial charge on any atom is -0.493 e. The molecular formula is C27H31N3O3. The van der Waals surface area contributed by atoms with E-state index in [9.17, 15) is 4.79 Å². The molecule has 1 aromatic heterocycles. The van der Waals surface area contributed by atoms with Crippen LogP contribution in [0.2, 0.25) is 0 Å². The van der Waals surface area contributed by atoms with Gasteiger partial charge in [0.1, 0.15) is 11.9 Å². The average Bonchev–Trinajstić information content (AvgIpc) is 3.31. The van der Waals surface area contributed by atoms with Gasteiger partial charge in [-0.15, -0.1) is 0 Å². The number of hydrogen-bond acceptors (Lipinski definition) is 4. The Morgan fingerprint density at radius 2 is 2.03 bits per heavy atom. The second-order valence-electron chi connectivity index (χ2n) is 10.4. The number of aromatic nitrogens is 1. The summed E-state index contributed by atoms with van der Waals surface area (Å²) < 4.78 is 12.1. The summed E-state index contributed by atoms with van der Waals surface area (Å²) in [5.74, 6) is 1.32. The molecule has 7 rings (SSSR count). The van der Waals surface area contributed by atoms with E-state index in [0.717, 1.165) is 60.4 Å². The molecule has 6 heteroatoms. The van der Waals surface area contributed by atoms with E-state index >= 15 is 0 Å². The summed E-state index contributed by atoms with van der Waals surface area (Å²) in [6.07, 6.45) is 3.89. The second kappa shape index (κ2) is 7.80. The van der Waals surface area contributed by atoms with Gasteiger partial charge in [0.05, 0.1) is 18.2 Å². The van der Waals surface area contributed by atoms with Crippen LogP contribution in [-0.4, -0.2) is 48.3 Å². The van der Waals surface area contributed by atoms with Gasteiger partial charge in [-0.3, -0.25) is 4.90 Å². The lowest BCUT2D eigenvalue weighted by Crippen LogP contribution is -2.53. The summed E-state index contributed by atoms with van der Waals surface area (Å²) in [5.41, 5.74) is 4.10. The van der Waals surface area contributed by atoms with Crippen molar-refractivity contribution in [3.05, 3.63) is 54.2 Å². The Kier molecular flexibility index (Phi) is 4.87. The van der Waals surface area contributed by atoms with Gasteiger partial charge in [0.25, 0.3) is 0 Å². The number of rotatable bonds is 3. The summed E-state index contributed by atoms with van der Waals surface area (Å²) in [7, 11) is 0. The van der Waals surface area contributed by atoms with Crippen LogP contribution in [-0.2, 0) is 4.74 Å². The number of benzene rings is 2. The molecule has 2 bridgehead atoms. The molecule has 0 radical (unpaired) electrons. The first kappa shape index (κ1) is 20.6. The van der Waals surface area contributed by atoms with E-state index in [-0.39, 0.29) is 23.7 Å². The van der Waals surface area contributed by atoms with Crippen LogP contribution in [0.25, 0.3) is 22.0 Å². The van der Waals surface area contributed by atoms with Gasteiger partial charge in [0, 0.05) is 29.3 Å². The first-order valence-electron chi connectivity index (χ1n) is 12.0. The predicted octanol–water partition coefficient (Wildman–Crippen LogP) is 5.12. The number of aromatic amines is 1. The Balaban J connectivity index is 1.26. The number of para-hydroxylation sites is 1. The highest BCUT2D eigenvalue weighted by molar-refractivity contribution is 5.94. The molecule has 33 heavy (non-hydrogen) atoms. The lowest BCUT2D eigenvalue weighted by Gasteiger charge is -2.44. The first-order chi connectivity index (χ1) is 16.0. The maximum absolute atomic E-state index is 13.0. The number of fused-ring (bicyclic) bond motifs is 5. The SMILES string of the molecule is CC1(C)COc2cc(-c3cccc4cc[nH]c34)ccc2C1NC(=O)O[C@@H]1CN2CCC1CC2. The average molecular weight is 446 g/mol. The lowest BCUT2D eigenvalue weighted by atomic mass is 9.78. The zero-order chi connectivity index (χ0) is 22.6. The normalized spacial score (nSPS) is 27.6. The summed E-state index contributed by atoms with van der Waals surface area (Å²) in [6, 6.07) is 14.5. The topological polar surface area (TPSA) is 66.6 Å². The molecule has 2 atom stereocenters. The van der Waals surface area contributed by atoms with Gasteiger partial charge >= 0.3 is 6.09 Å². The van der Waals surface area contributed by atoms with Gasteiger partial charge in [-0.1, -0.05) is 44.2 Å². The van der Waals surface area contributed by atoms with Crippen molar-refractivity contribution in [1.82, 2.24) is 15.2 Å². The Morgan fingerprint density at radius 1 is 1.18 bits per heavy atom. The third-order valence-electron chi connectivity index (χ3n) is 7.72. The highest BCUT2D eigenvalue weighted by atomic mass is 16.6. The van der Waals surface area contributed by atoms with Crippen molar-refractivity contribution < 1.29 is 14.3 Å². The maximum atomic E-state index is 13.0. The molecular weight excluding hydrogens is 414 g/mol. The number of carbonyl (C=O) groups excluding carboxylic acids is 1. The van der Waals surface area contributed by atoms with Crippen LogP contribution in [0.4, 0.5) is 4.79 Å². The summed E-state index contributed by atoms with van der Waals surface area (Å²) in [6.45, 7) is 7.90. The molecule has 4 aliphatic rings. The smallest absolute Gasteiger partial charge is 0.407 e. The van der Waals surface area contributed by atoms with Crippen molar-refractivity contribution in [2.24, 2.45) is 11.3 Å². The monoisotopic (exact) mass is 445 g/mol. The quantitative estimate of drug-likeness (QED) is 0.588. The number of piperidine rings is 3. The molecule has 172 valence electrons. The molecule has 1 amide bonds. The molecule has 3 saturated heterocycles. The standard InChI is InChI=1S/C27H31N3O3/c1-27(2)16-32-22-14-19(20-5-3-4-18-8-11-28-24(18)20)6-7-21(22)25(27)29-26(31)33-23-15-30-12-9-17(23)10-13-30/h3-8,11,14,17,23,25,28H,9-10,12-13,15-16H2,1-2H3,(H,29,31)/t23-,25?/m1/s1. The maximum Gasteiger partial charge on any atom is 0.407 e. The van der Waals surface area contributed by atoms with Crippen LogP contribution < -0.4 is 10.1 Å². The number of alkyl carbamates (subject to hydrolysis) is 1. The fourth-order valence-corrected chi connectivity index (χ4v) is 5.77. The minimum atomic E-state index is -0.320. The summed E-state index contributed by atoms with van der Waals surface area (Å²) >= 11 is 0. The van der Waals surface area contributed by atoms with Gasteiger partial charge < -0.3 is 19.8 Å². The van der Waals surface area contributed by atoms with Gasteiger partial charge in [-0.2, -0.15) is 0 Å². The molecule has 6 nitrogen and oxygen atoms in total. The van der Waals surface area contributed by atoms with Crippen LogP contribution in [0.15, 0.2) is 48.7 Å². The molecule has 4 aliphatic heterocycles. The fraction of sp³-hybridized carbons (Fsp3) is 0.444. The molecule has 3 fully saturated rings. The Morgan fingerprint density at radius 3 is 2.82 bits per heavy atom. The number of nitrogens with one attached hydrogen (secondary N) is 2. The van der Waals surface area contributed by atoms with E-state index in [2.05, 4.69) is 71.5 Å². The van der Waals surface area contributed by atoms with Crippen LogP contribution >= 0.6 is 0 Å². The van der Waals surface area contributed by atoms with Crippen molar-refractivity contribution in [3.8, 4) is 16.9 Å². The molecule has 0 aliphatic carbocycles. The molecule has 2 aromatic carbocycles. The summed E-state index contributed by atoms with van der Waals surface area (Å²) in [4.78, 5) is 18.7. The minimum absolute atomic E-state index is 0.00131. The van der Waals surface area contributed by atoms with Crippen molar-refractivity contribution in [3.63, 3.8) is 0 Å². The molecule has 1 unspecified atom stereocenters. The molecule has 5 heterocycles. The van der Waals surface area contributed by atoms with Crippen molar-refractivity contribution in [2.75, 3.05) is 26.2 Å². The van der Waals surface area contributed by atoms with Crippen molar-refractivity contribution >= 4 is 17.0 Å². The number of ether oxygens (including phenoxy) is 2. The molecule has 0 saturated carbocycles. The second-order valence-corrected chi connectivity index (χ2v) is 10.4. The Labute approximate surface area is 194 Å². The first-order valence-corrected chi connectivity index (χ1v) is 12.0. The Bertz CT molecular complexity index is 1190. The van der Waals surface area contributed by atoms with E-state index in [4.69, 9.17) is 9.47 Å². The third-order valence-corrected chi connectivity index (χ3v) is 7.72. The van der Waals surface area contributed by atoms with E-state index in [1.54, 1.807) is 0 Å². The van der Waals surface area contributed by atoms with Gasteiger partial charge in [0.15, 0.2) is 0 Å². The molecule has 0 spiro atoms. The van der Waals surface area contributed by atoms with E-state index < -0.39 is 0 Å². The van der Waals surface area contributed by atoms with Gasteiger partial charge in [0.2, 0.25) is 0 Å². The predicted molar refractivity (Wildman–Crippen MR) is 128 cm³/mol. The van der Waals surface area contributed by atoms with E-state index in [0.29, 0.717) is 12.5 Å². The highest BCUT2D eigenvalue weighted by Crippen LogP contribution is 2.44. The number of amides is 1. The largest absolute Gasteiger partial charge is 0.493 e. The number of carbonyl (C=O) groups is 1. The lowest BCUT2D eigenvalue weighted by molar-refractivity contribution is -0.0361. The molecule has 3 aromatic rings. The van der Waals surface area contributed by atoms with Crippen LogP contribution in [0.3, 0.4) is 0 Å². The van der Waals surface area contributed by atoms with Crippen LogP contribution in [0, 0.1) is 11.3 Å². The zero-order valence-electron chi connectivity index (χ0n) is 19.3. The van der Waals surface area contributed by atoms with Crippen molar-refractivity contribution in [2.45, 2.75) is 38.8 Å². The van der Waals surface area contributed by atoms with Gasteiger partial charge in [-0.05, 0) is 54.9 Å². The number of nitrogens with zero attached hydrogens (tertiary/aromatic N) is 1. The van der Waals surface area contributed by atoms with Gasteiger partial charge in [-0.25, -0.2) is 4.79 Å². The van der Waals surface area contributed by atoms with Crippen molar-refractivity contribution in [1.29, 1.82) is 0 Å².